The van der Waals surface area contributed by atoms with E-state index in [0.717, 1.165) is 30.8 Å². The number of fused-ring (bicyclic) bond motifs is 2. The number of benzene rings is 2. The molecule has 1 atom stereocenters. The molecule has 164 valence electrons. The van der Waals surface area contributed by atoms with Crippen LogP contribution in [0.25, 0.3) is 0 Å². The zero-order valence-corrected chi connectivity index (χ0v) is 18.3. The van der Waals surface area contributed by atoms with E-state index in [4.69, 9.17) is 4.74 Å². The molecule has 0 saturated heterocycles. The van der Waals surface area contributed by atoms with E-state index in [1.165, 1.54) is 11.1 Å². The van der Waals surface area contributed by atoms with Gasteiger partial charge in [0.25, 0.3) is 5.91 Å². The molecule has 2 heterocycles. The van der Waals surface area contributed by atoms with Gasteiger partial charge in [-0.15, -0.1) is 0 Å². The number of carbonyl (C=O) groups is 2. The fourth-order valence-corrected chi connectivity index (χ4v) is 4.45. The summed E-state index contributed by atoms with van der Waals surface area (Å²) < 4.78 is 5.71. The van der Waals surface area contributed by atoms with Crippen molar-refractivity contribution < 1.29 is 14.3 Å². The van der Waals surface area contributed by atoms with Gasteiger partial charge in [-0.3, -0.25) is 14.5 Å². The van der Waals surface area contributed by atoms with E-state index < -0.39 is 0 Å². The SMILES string of the molecule is CC(C)[C@H](CNC(=O)COc1ccc2c(c1)CCC(=O)N2)N1CCc2ccccc2C1. The van der Waals surface area contributed by atoms with Crippen molar-refractivity contribution in [3.63, 3.8) is 0 Å². The van der Waals surface area contributed by atoms with Gasteiger partial charge >= 0.3 is 0 Å². The highest BCUT2D eigenvalue weighted by atomic mass is 16.5. The van der Waals surface area contributed by atoms with Crippen molar-refractivity contribution >= 4 is 17.5 Å². The Bertz CT molecular complexity index is 957. The second-order valence-corrected chi connectivity index (χ2v) is 8.76. The molecule has 0 aromatic heterocycles. The lowest BCUT2D eigenvalue weighted by Gasteiger charge is -2.38. The average Bonchev–Trinajstić information content (AvgIpc) is 2.77. The largest absolute Gasteiger partial charge is 0.484 e. The van der Waals surface area contributed by atoms with Gasteiger partial charge in [0.15, 0.2) is 6.61 Å². The number of ether oxygens (including phenoxy) is 1. The Labute approximate surface area is 184 Å². The van der Waals surface area contributed by atoms with Gasteiger partial charge in [0.1, 0.15) is 5.75 Å². The first-order valence-electron chi connectivity index (χ1n) is 11.1. The smallest absolute Gasteiger partial charge is 0.257 e. The van der Waals surface area contributed by atoms with Crippen molar-refractivity contribution in [3.8, 4) is 5.75 Å². The number of carbonyl (C=O) groups excluding carboxylic acids is 2. The summed E-state index contributed by atoms with van der Waals surface area (Å²) in [5.74, 6) is 1.01. The van der Waals surface area contributed by atoms with Gasteiger partial charge in [-0.1, -0.05) is 38.1 Å². The van der Waals surface area contributed by atoms with E-state index in [-0.39, 0.29) is 24.5 Å². The minimum absolute atomic E-state index is 0.0151. The van der Waals surface area contributed by atoms with E-state index in [0.29, 0.717) is 31.1 Å². The molecule has 6 nitrogen and oxygen atoms in total. The van der Waals surface area contributed by atoms with Gasteiger partial charge in [0.2, 0.25) is 5.91 Å². The normalized spacial score (nSPS) is 16.8. The highest BCUT2D eigenvalue weighted by Gasteiger charge is 2.26. The maximum absolute atomic E-state index is 12.4. The van der Waals surface area contributed by atoms with Crippen LogP contribution in [-0.2, 0) is 29.0 Å². The Balaban J connectivity index is 1.29. The number of anilines is 1. The van der Waals surface area contributed by atoms with Crippen molar-refractivity contribution in [1.82, 2.24) is 10.2 Å². The van der Waals surface area contributed by atoms with Crippen LogP contribution >= 0.6 is 0 Å². The van der Waals surface area contributed by atoms with Crippen LogP contribution in [0.3, 0.4) is 0 Å². The molecule has 0 bridgehead atoms. The number of nitrogens with one attached hydrogen (secondary N) is 2. The minimum Gasteiger partial charge on any atom is -0.484 e. The first-order chi connectivity index (χ1) is 15.0. The van der Waals surface area contributed by atoms with Crippen molar-refractivity contribution in [2.45, 2.75) is 45.7 Å². The minimum atomic E-state index is -0.117. The standard InChI is InChI=1S/C25H31N3O3/c1-17(2)23(28-12-11-18-5-3-4-6-20(18)15-28)14-26-25(30)16-31-21-8-9-22-19(13-21)7-10-24(29)27-22/h3-6,8-9,13,17,23H,7,10-12,14-16H2,1-2H3,(H,26,30)(H,27,29)/t23-/m0/s1. The van der Waals surface area contributed by atoms with Gasteiger partial charge in [-0.2, -0.15) is 0 Å². The zero-order chi connectivity index (χ0) is 21.8. The maximum atomic E-state index is 12.4. The van der Waals surface area contributed by atoms with E-state index in [9.17, 15) is 9.59 Å². The summed E-state index contributed by atoms with van der Waals surface area (Å²) in [4.78, 5) is 26.4. The molecule has 2 aliphatic rings. The Morgan fingerprint density at radius 2 is 1.90 bits per heavy atom. The van der Waals surface area contributed by atoms with E-state index in [2.05, 4.69) is 53.6 Å². The van der Waals surface area contributed by atoms with Crippen LogP contribution in [0.15, 0.2) is 42.5 Å². The Morgan fingerprint density at radius 1 is 1.10 bits per heavy atom. The fourth-order valence-electron chi connectivity index (χ4n) is 4.45. The quantitative estimate of drug-likeness (QED) is 0.721. The van der Waals surface area contributed by atoms with Crippen molar-refractivity contribution in [3.05, 3.63) is 59.2 Å². The maximum Gasteiger partial charge on any atom is 0.257 e. The lowest BCUT2D eigenvalue weighted by atomic mass is 9.95. The molecule has 0 spiro atoms. The van der Waals surface area contributed by atoms with Crippen LogP contribution in [0.2, 0.25) is 0 Å². The summed E-state index contributed by atoms with van der Waals surface area (Å²) in [6.45, 7) is 6.95. The highest BCUT2D eigenvalue weighted by molar-refractivity contribution is 5.94. The molecule has 2 aliphatic heterocycles. The molecule has 0 radical (unpaired) electrons. The third-order valence-electron chi connectivity index (χ3n) is 6.25. The Morgan fingerprint density at radius 3 is 2.71 bits per heavy atom. The third-order valence-corrected chi connectivity index (χ3v) is 6.25. The average molecular weight is 422 g/mol. The van der Waals surface area contributed by atoms with E-state index in [1.807, 2.05) is 12.1 Å². The summed E-state index contributed by atoms with van der Waals surface area (Å²) in [5.41, 5.74) is 4.69. The predicted octanol–water partition coefficient (Wildman–Crippen LogP) is 3.15. The lowest BCUT2D eigenvalue weighted by Crippen LogP contribution is -2.49. The molecule has 0 unspecified atom stereocenters. The topological polar surface area (TPSA) is 70.7 Å². The molecule has 0 fully saturated rings. The van der Waals surface area contributed by atoms with Gasteiger partial charge in [-0.05, 0) is 53.6 Å². The number of aryl methyl sites for hydroxylation is 1. The zero-order valence-electron chi connectivity index (χ0n) is 18.3. The molecular weight excluding hydrogens is 390 g/mol. The summed E-state index contributed by atoms with van der Waals surface area (Å²) in [7, 11) is 0. The summed E-state index contributed by atoms with van der Waals surface area (Å²) in [6, 6.07) is 14.4. The predicted molar refractivity (Wildman–Crippen MR) is 121 cm³/mol. The van der Waals surface area contributed by atoms with Gasteiger partial charge in [0.05, 0.1) is 0 Å². The third kappa shape index (κ3) is 5.25. The molecule has 4 rings (SSSR count). The van der Waals surface area contributed by atoms with Gasteiger partial charge in [-0.25, -0.2) is 0 Å². The van der Waals surface area contributed by atoms with Crippen LogP contribution in [0.5, 0.6) is 5.75 Å². The van der Waals surface area contributed by atoms with Crippen LogP contribution in [-0.4, -0.2) is 42.5 Å². The Hall–Kier alpha value is -2.86. The number of hydrogen-bond acceptors (Lipinski definition) is 4. The molecule has 0 saturated carbocycles. The van der Waals surface area contributed by atoms with Crippen LogP contribution < -0.4 is 15.4 Å². The van der Waals surface area contributed by atoms with Crippen LogP contribution in [0.4, 0.5) is 5.69 Å². The second kappa shape index (κ2) is 9.52. The number of rotatable bonds is 7. The Kier molecular flexibility index (Phi) is 6.56. The summed E-state index contributed by atoms with van der Waals surface area (Å²) in [6.07, 6.45) is 2.23. The van der Waals surface area contributed by atoms with Gasteiger partial charge in [0, 0.05) is 37.8 Å². The molecule has 6 heteroatoms. The monoisotopic (exact) mass is 421 g/mol. The van der Waals surface area contributed by atoms with E-state index >= 15 is 0 Å². The molecular formula is C25H31N3O3. The summed E-state index contributed by atoms with van der Waals surface area (Å²) >= 11 is 0. The molecule has 2 aromatic rings. The second-order valence-electron chi connectivity index (χ2n) is 8.76. The number of amides is 2. The molecule has 2 N–H and O–H groups in total. The van der Waals surface area contributed by atoms with Gasteiger partial charge < -0.3 is 15.4 Å². The number of hydrogen-bond donors (Lipinski definition) is 2. The van der Waals surface area contributed by atoms with Crippen LogP contribution in [0, 0.1) is 5.92 Å². The first-order valence-corrected chi connectivity index (χ1v) is 11.1. The summed E-state index contributed by atoms with van der Waals surface area (Å²) in [5, 5.41) is 5.92. The molecule has 0 aliphatic carbocycles. The van der Waals surface area contributed by atoms with Crippen molar-refractivity contribution in [2.75, 3.05) is 25.0 Å². The number of nitrogens with zero attached hydrogens (tertiary/aromatic N) is 1. The highest BCUT2D eigenvalue weighted by Crippen LogP contribution is 2.27. The fraction of sp³-hybridized carbons (Fsp3) is 0.440. The first kappa shape index (κ1) is 21.4. The molecule has 2 amide bonds. The van der Waals surface area contributed by atoms with Crippen molar-refractivity contribution in [1.29, 1.82) is 0 Å². The lowest BCUT2D eigenvalue weighted by molar-refractivity contribution is -0.123. The van der Waals surface area contributed by atoms with E-state index in [1.54, 1.807) is 6.07 Å². The van der Waals surface area contributed by atoms with Crippen LogP contribution in [0.1, 0.15) is 37.0 Å². The molecule has 31 heavy (non-hydrogen) atoms. The molecule has 2 aromatic carbocycles. The van der Waals surface area contributed by atoms with Crippen molar-refractivity contribution in [2.24, 2.45) is 5.92 Å².